The lowest BCUT2D eigenvalue weighted by atomic mass is 10.2. The summed E-state index contributed by atoms with van der Waals surface area (Å²) in [4.78, 5) is 1.21. The summed E-state index contributed by atoms with van der Waals surface area (Å²) in [6, 6.07) is 8.47. The fourth-order valence-corrected chi connectivity index (χ4v) is 2.18. The Hall–Kier alpha value is -1.33. The van der Waals surface area contributed by atoms with Crippen molar-refractivity contribution in [3.8, 4) is 0 Å². The van der Waals surface area contributed by atoms with E-state index in [1.807, 2.05) is 7.05 Å². The van der Waals surface area contributed by atoms with Crippen molar-refractivity contribution in [3.63, 3.8) is 0 Å². The van der Waals surface area contributed by atoms with Gasteiger partial charge in [-0.05, 0) is 24.7 Å². The average Bonchev–Trinajstić information content (AvgIpc) is 2.75. The molecule has 0 aliphatic carbocycles. The van der Waals surface area contributed by atoms with Crippen LogP contribution in [0.2, 0.25) is 0 Å². The molecule has 0 radical (unpaired) electrons. The van der Waals surface area contributed by atoms with Crippen LogP contribution in [0.1, 0.15) is 17.3 Å². The summed E-state index contributed by atoms with van der Waals surface area (Å²) in [7, 11) is 1.95. The molecule has 1 heterocycles. The standard InChI is InChI=1S/C12H15N3OS/c1-9-14-15-12(16-9)8-17-11-5-3-10(4-6-11)7-13-2/h3-6,13H,7-8H2,1-2H3. The Balaban J connectivity index is 1.90. The molecule has 1 aromatic heterocycles. The topological polar surface area (TPSA) is 51.0 Å². The van der Waals surface area contributed by atoms with Gasteiger partial charge in [0.15, 0.2) is 0 Å². The van der Waals surface area contributed by atoms with Gasteiger partial charge < -0.3 is 9.73 Å². The molecule has 0 saturated carbocycles. The predicted octanol–water partition coefficient (Wildman–Crippen LogP) is 2.39. The van der Waals surface area contributed by atoms with Crippen molar-refractivity contribution in [1.82, 2.24) is 15.5 Å². The van der Waals surface area contributed by atoms with Crippen LogP contribution >= 0.6 is 11.8 Å². The van der Waals surface area contributed by atoms with Crippen LogP contribution in [0.25, 0.3) is 0 Å². The number of rotatable bonds is 5. The van der Waals surface area contributed by atoms with Gasteiger partial charge >= 0.3 is 0 Å². The molecule has 0 amide bonds. The highest BCUT2D eigenvalue weighted by atomic mass is 32.2. The monoisotopic (exact) mass is 249 g/mol. The Bertz CT molecular complexity index is 467. The quantitative estimate of drug-likeness (QED) is 0.825. The molecule has 0 spiro atoms. The van der Waals surface area contributed by atoms with E-state index >= 15 is 0 Å². The van der Waals surface area contributed by atoms with Gasteiger partial charge in [-0.15, -0.1) is 22.0 Å². The number of thioether (sulfide) groups is 1. The first-order valence-corrected chi connectivity index (χ1v) is 6.42. The smallest absolute Gasteiger partial charge is 0.226 e. The second-order valence-corrected chi connectivity index (χ2v) is 4.73. The van der Waals surface area contributed by atoms with Gasteiger partial charge in [0.05, 0.1) is 5.75 Å². The normalized spacial score (nSPS) is 10.7. The molecule has 17 heavy (non-hydrogen) atoms. The molecule has 90 valence electrons. The number of benzene rings is 1. The molecule has 0 saturated heterocycles. The number of aryl methyl sites for hydroxylation is 1. The van der Waals surface area contributed by atoms with Gasteiger partial charge in [0.2, 0.25) is 11.8 Å². The fourth-order valence-electron chi connectivity index (χ4n) is 1.45. The molecule has 0 unspecified atom stereocenters. The summed E-state index contributed by atoms with van der Waals surface area (Å²) >= 11 is 1.70. The molecule has 0 atom stereocenters. The number of hydrogen-bond acceptors (Lipinski definition) is 5. The zero-order valence-corrected chi connectivity index (χ0v) is 10.8. The first-order valence-electron chi connectivity index (χ1n) is 5.43. The van der Waals surface area contributed by atoms with Crippen LogP contribution in [0.5, 0.6) is 0 Å². The van der Waals surface area contributed by atoms with E-state index in [4.69, 9.17) is 4.42 Å². The van der Waals surface area contributed by atoms with E-state index in [1.54, 1.807) is 18.7 Å². The second kappa shape index (κ2) is 5.84. The van der Waals surface area contributed by atoms with E-state index in [9.17, 15) is 0 Å². The third kappa shape index (κ3) is 3.57. The summed E-state index contributed by atoms with van der Waals surface area (Å²) in [5, 5.41) is 10.9. The van der Waals surface area contributed by atoms with E-state index < -0.39 is 0 Å². The lowest BCUT2D eigenvalue weighted by Crippen LogP contribution is -2.04. The second-order valence-electron chi connectivity index (χ2n) is 3.68. The van der Waals surface area contributed by atoms with Crippen molar-refractivity contribution in [2.24, 2.45) is 0 Å². The number of hydrogen-bond donors (Lipinski definition) is 1. The van der Waals surface area contributed by atoms with Crippen molar-refractivity contribution in [3.05, 3.63) is 41.6 Å². The molecule has 4 nitrogen and oxygen atoms in total. The lowest BCUT2D eigenvalue weighted by molar-refractivity contribution is 0.485. The van der Waals surface area contributed by atoms with Crippen LogP contribution in [0.15, 0.2) is 33.6 Å². The van der Waals surface area contributed by atoms with Crippen molar-refractivity contribution in [2.75, 3.05) is 7.05 Å². The molecular formula is C12H15N3OS. The van der Waals surface area contributed by atoms with E-state index in [-0.39, 0.29) is 0 Å². The minimum Gasteiger partial charge on any atom is -0.425 e. The summed E-state index contributed by atoms with van der Waals surface area (Å²) in [6.45, 7) is 2.70. The van der Waals surface area contributed by atoms with Crippen LogP contribution in [0.4, 0.5) is 0 Å². The molecular weight excluding hydrogens is 234 g/mol. The molecule has 0 fully saturated rings. The van der Waals surface area contributed by atoms with Gasteiger partial charge in [-0.2, -0.15) is 0 Å². The maximum absolute atomic E-state index is 5.31. The van der Waals surface area contributed by atoms with Crippen LogP contribution < -0.4 is 5.32 Å². The molecule has 1 N–H and O–H groups in total. The predicted molar refractivity (Wildman–Crippen MR) is 67.8 cm³/mol. The van der Waals surface area contributed by atoms with Crippen LogP contribution in [0.3, 0.4) is 0 Å². The molecule has 1 aromatic carbocycles. The van der Waals surface area contributed by atoms with Gasteiger partial charge in [-0.25, -0.2) is 0 Å². The van der Waals surface area contributed by atoms with Gasteiger partial charge in [0.25, 0.3) is 0 Å². The zero-order chi connectivity index (χ0) is 12.1. The zero-order valence-electron chi connectivity index (χ0n) is 9.93. The molecule has 0 bridgehead atoms. The van der Waals surface area contributed by atoms with Gasteiger partial charge in [-0.1, -0.05) is 12.1 Å². The maximum atomic E-state index is 5.31. The highest BCUT2D eigenvalue weighted by Gasteiger charge is 2.03. The summed E-state index contributed by atoms with van der Waals surface area (Å²) in [6.07, 6.45) is 0. The summed E-state index contributed by atoms with van der Waals surface area (Å²) < 4.78 is 5.31. The van der Waals surface area contributed by atoms with Crippen molar-refractivity contribution >= 4 is 11.8 Å². The highest BCUT2D eigenvalue weighted by molar-refractivity contribution is 7.98. The molecule has 2 rings (SSSR count). The lowest BCUT2D eigenvalue weighted by Gasteiger charge is -2.02. The largest absolute Gasteiger partial charge is 0.425 e. The molecule has 0 aliphatic rings. The SMILES string of the molecule is CNCc1ccc(SCc2nnc(C)o2)cc1. The maximum Gasteiger partial charge on any atom is 0.226 e. The fraction of sp³-hybridized carbons (Fsp3) is 0.333. The molecule has 5 heteroatoms. The third-order valence-corrected chi connectivity index (χ3v) is 3.23. The van der Waals surface area contributed by atoms with E-state index in [1.165, 1.54) is 10.5 Å². The number of aromatic nitrogens is 2. The van der Waals surface area contributed by atoms with Gasteiger partial charge in [0.1, 0.15) is 0 Å². The first-order chi connectivity index (χ1) is 8.28. The van der Waals surface area contributed by atoms with E-state index in [0.717, 1.165) is 6.54 Å². The Labute approximate surface area is 105 Å². The van der Waals surface area contributed by atoms with Crippen molar-refractivity contribution in [1.29, 1.82) is 0 Å². The molecule has 0 aliphatic heterocycles. The van der Waals surface area contributed by atoms with Crippen molar-refractivity contribution in [2.45, 2.75) is 24.1 Å². The molecule has 2 aromatic rings. The number of nitrogens with one attached hydrogen (secondary N) is 1. The Morgan fingerprint density at radius 3 is 2.59 bits per heavy atom. The van der Waals surface area contributed by atoms with Crippen LogP contribution in [0, 0.1) is 6.92 Å². The van der Waals surface area contributed by atoms with E-state index in [2.05, 4.69) is 39.8 Å². The van der Waals surface area contributed by atoms with Crippen LogP contribution in [-0.4, -0.2) is 17.2 Å². The first kappa shape index (κ1) is 12.1. The van der Waals surface area contributed by atoms with Crippen LogP contribution in [-0.2, 0) is 12.3 Å². The third-order valence-electron chi connectivity index (χ3n) is 2.23. The average molecular weight is 249 g/mol. The van der Waals surface area contributed by atoms with Crippen molar-refractivity contribution < 1.29 is 4.42 Å². The number of nitrogens with zero attached hydrogens (tertiary/aromatic N) is 2. The summed E-state index contributed by atoms with van der Waals surface area (Å²) in [5.41, 5.74) is 1.28. The highest BCUT2D eigenvalue weighted by Crippen LogP contribution is 2.22. The van der Waals surface area contributed by atoms with E-state index in [0.29, 0.717) is 17.5 Å². The Kier molecular flexibility index (Phi) is 4.17. The minimum atomic E-state index is 0.616. The Morgan fingerprint density at radius 1 is 1.24 bits per heavy atom. The van der Waals surface area contributed by atoms with Gasteiger partial charge in [0, 0.05) is 18.4 Å². The summed E-state index contributed by atoms with van der Waals surface area (Å²) in [5.74, 6) is 2.00. The Morgan fingerprint density at radius 2 is 2.00 bits per heavy atom. The minimum absolute atomic E-state index is 0.616. The van der Waals surface area contributed by atoms with Gasteiger partial charge in [-0.3, -0.25) is 0 Å².